The van der Waals surface area contributed by atoms with Crippen molar-refractivity contribution in [1.29, 1.82) is 0 Å². The van der Waals surface area contributed by atoms with Crippen molar-refractivity contribution in [2.75, 3.05) is 13.1 Å². The second-order valence-electron chi connectivity index (χ2n) is 5.17. The third-order valence-corrected chi connectivity index (χ3v) is 4.18. The van der Waals surface area contributed by atoms with Gasteiger partial charge < -0.3 is 5.73 Å². The average Bonchev–Trinajstić information content (AvgIpc) is 2.75. The molecule has 1 aromatic rings. The molecule has 0 amide bonds. The molecule has 1 saturated heterocycles. The molecule has 17 heavy (non-hydrogen) atoms. The van der Waals surface area contributed by atoms with Crippen molar-refractivity contribution in [3.63, 3.8) is 0 Å². The van der Waals surface area contributed by atoms with Crippen LogP contribution in [-0.4, -0.2) is 33.8 Å². The number of aromatic nitrogens is 2. The molecule has 3 atom stereocenters. The number of piperidine rings is 1. The van der Waals surface area contributed by atoms with Crippen LogP contribution in [0, 0.1) is 5.92 Å². The molecule has 1 aliphatic heterocycles. The van der Waals surface area contributed by atoms with Crippen LogP contribution in [0.25, 0.3) is 0 Å². The highest BCUT2D eigenvalue weighted by molar-refractivity contribution is 5.06. The molecule has 4 heteroatoms. The van der Waals surface area contributed by atoms with Gasteiger partial charge in [0.25, 0.3) is 0 Å². The van der Waals surface area contributed by atoms with E-state index in [0.717, 1.165) is 19.5 Å². The summed E-state index contributed by atoms with van der Waals surface area (Å²) in [5.41, 5.74) is 7.44. The molecule has 96 valence electrons. The largest absolute Gasteiger partial charge is 0.327 e. The number of nitrogens with zero attached hydrogens (tertiary/aromatic N) is 3. The van der Waals surface area contributed by atoms with Gasteiger partial charge in [0.15, 0.2) is 0 Å². The maximum absolute atomic E-state index is 6.16. The van der Waals surface area contributed by atoms with Crippen LogP contribution in [0.4, 0.5) is 0 Å². The van der Waals surface area contributed by atoms with Gasteiger partial charge in [0.2, 0.25) is 0 Å². The molecular weight excluding hydrogens is 212 g/mol. The Hall–Kier alpha value is -0.870. The van der Waals surface area contributed by atoms with Crippen LogP contribution >= 0.6 is 0 Å². The lowest BCUT2D eigenvalue weighted by atomic mass is 9.89. The minimum atomic E-state index is 0.384. The Morgan fingerprint density at radius 3 is 2.94 bits per heavy atom. The van der Waals surface area contributed by atoms with Crippen molar-refractivity contribution in [3.05, 3.63) is 18.0 Å². The summed E-state index contributed by atoms with van der Waals surface area (Å²) in [7, 11) is 2.01. The standard InChI is InChI=1S/C13H24N4/c1-4-11-9-17(8-6-12(11)14)10(2)13-5-7-15-16(13)3/h5,7,10-12H,4,6,8-9,14H2,1-3H3. The van der Waals surface area contributed by atoms with Gasteiger partial charge in [-0.05, 0) is 25.3 Å². The van der Waals surface area contributed by atoms with Crippen molar-refractivity contribution in [2.45, 2.75) is 38.8 Å². The molecule has 1 aromatic heterocycles. The second kappa shape index (κ2) is 5.19. The molecule has 0 radical (unpaired) electrons. The summed E-state index contributed by atoms with van der Waals surface area (Å²) >= 11 is 0. The van der Waals surface area contributed by atoms with Crippen LogP contribution < -0.4 is 5.73 Å². The highest BCUT2D eigenvalue weighted by atomic mass is 15.3. The monoisotopic (exact) mass is 236 g/mol. The van der Waals surface area contributed by atoms with Crippen molar-refractivity contribution in [3.8, 4) is 0 Å². The number of aryl methyl sites for hydroxylation is 1. The Balaban J connectivity index is 2.06. The van der Waals surface area contributed by atoms with Crippen LogP contribution in [0.3, 0.4) is 0 Å². The number of hydrogen-bond acceptors (Lipinski definition) is 3. The van der Waals surface area contributed by atoms with Gasteiger partial charge in [-0.25, -0.2) is 0 Å². The van der Waals surface area contributed by atoms with Gasteiger partial charge in [0, 0.05) is 38.4 Å². The van der Waals surface area contributed by atoms with Crippen molar-refractivity contribution >= 4 is 0 Å². The summed E-state index contributed by atoms with van der Waals surface area (Å²) in [5.74, 6) is 0.638. The van der Waals surface area contributed by atoms with Crippen LogP contribution in [0.1, 0.15) is 38.4 Å². The van der Waals surface area contributed by atoms with E-state index in [9.17, 15) is 0 Å². The first-order chi connectivity index (χ1) is 8.13. The highest BCUT2D eigenvalue weighted by Crippen LogP contribution is 2.26. The first kappa shape index (κ1) is 12.6. The Morgan fingerprint density at radius 1 is 1.59 bits per heavy atom. The zero-order chi connectivity index (χ0) is 12.4. The predicted molar refractivity (Wildman–Crippen MR) is 69.6 cm³/mol. The van der Waals surface area contributed by atoms with Crippen LogP contribution in [0.15, 0.2) is 12.3 Å². The molecule has 2 heterocycles. The summed E-state index contributed by atoms with van der Waals surface area (Å²) in [6.45, 7) is 6.72. The fourth-order valence-corrected chi connectivity index (χ4v) is 2.84. The molecule has 2 N–H and O–H groups in total. The van der Waals surface area contributed by atoms with E-state index in [0.29, 0.717) is 18.0 Å². The van der Waals surface area contributed by atoms with E-state index >= 15 is 0 Å². The minimum Gasteiger partial charge on any atom is -0.327 e. The Morgan fingerprint density at radius 2 is 2.35 bits per heavy atom. The smallest absolute Gasteiger partial charge is 0.0549 e. The van der Waals surface area contributed by atoms with Gasteiger partial charge in [-0.3, -0.25) is 9.58 Å². The zero-order valence-corrected chi connectivity index (χ0v) is 11.1. The average molecular weight is 236 g/mol. The van der Waals surface area contributed by atoms with E-state index in [-0.39, 0.29) is 0 Å². The first-order valence-corrected chi connectivity index (χ1v) is 6.61. The molecule has 1 aliphatic rings. The van der Waals surface area contributed by atoms with Crippen LogP contribution in [-0.2, 0) is 7.05 Å². The van der Waals surface area contributed by atoms with E-state index < -0.39 is 0 Å². The summed E-state index contributed by atoms with van der Waals surface area (Å²) in [6.07, 6.45) is 4.16. The summed E-state index contributed by atoms with van der Waals surface area (Å²) in [6, 6.07) is 2.93. The minimum absolute atomic E-state index is 0.384. The number of hydrogen-bond donors (Lipinski definition) is 1. The molecular formula is C13H24N4. The Labute approximate surface area is 104 Å². The molecule has 4 nitrogen and oxygen atoms in total. The van der Waals surface area contributed by atoms with Crippen LogP contribution in [0.2, 0.25) is 0 Å². The number of rotatable bonds is 3. The normalized spacial score (nSPS) is 28.2. The molecule has 0 spiro atoms. The maximum atomic E-state index is 6.16. The SMILES string of the molecule is CCC1CN(C(C)c2ccnn2C)CCC1N. The van der Waals surface area contributed by atoms with Gasteiger partial charge in [-0.1, -0.05) is 13.3 Å². The molecule has 3 unspecified atom stereocenters. The lowest BCUT2D eigenvalue weighted by molar-refractivity contribution is 0.110. The van der Waals surface area contributed by atoms with E-state index in [4.69, 9.17) is 5.73 Å². The molecule has 2 rings (SSSR count). The van der Waals surface area contributed by atoms with Crippen LogP contribution in [0.5, 0.6) is 0 Å². The van der Waals surface area contributed by atoms with E-state index in [2.05, 4.69) is 29.9 Å². The van der Waals surface area contributed by atoms with Gasteiger partial charge in [-0.2, -0.15) is 5.10 Å². The third kappa shape index (κ3) is 2.53. The van der Waals surface area contributed by atoms with E-state index in [1.807, 2.05) is 17.9 Å². The summed E-state index contributed by atoms with van der Waals surface area (Å²) in [4.78, 5) is 2.54. The molecule has 0 aromatic carbocycles. The fourth-order valence-electron chi connectivity index (χ4n) is 2.84. The van der Waals surface area contributed by atoms with Gasteiger partial charge in [0.05, 0.1) is 5.69 Å². The lowest BCUT2D eigenvalue weighted by Crippen LogP contribution is -2.47. The third-order valence-electron chi connectivity index (χ3n) is 4.18. The second-order valence-corrected chi connectivity index (χ2v) is 5.17. The molecule has 0 saturated carbocycles. The van der Waals surface area contributed by atoms with Crippen molar-refractivity contribution < 1.29 is 0 Å². The zero-order valence-electron chi connectivity index (χ0n) is 11.1. The summed E-state index contributed by atoms with van der Waals surface area (Å²) in [5, 5.41) is 4.25. The first-order valence-electron chi connectivity index (χ1n) is 6.61. The van der Waals surface area contributed by atoms with E-state index in [1.54, 1.807) is 0 Å². The highest BCUT2D eigenvalue weighted by Gasteiger charge is 2.29. The maximum Gasteiger partial charge on any atom is 0.0549 e. The van der Waals surface area contributed by atoms with Crippen molar-refractivity contribution in [2.24, 2.45) is 18.7 Å². The van der Waals surface area contributed by atoms with Gasteiger partial charge in [0.1, 0.15) is 0 Å². The molecule has 1 fully saturated rings. The molecule has 0 bridgehead atoms. The van der Waals surface area contributed by atoms with Crippen molar-refractivity contribution in [1.82, 2.24) is 14.7 Å². The number of likely N-dealkylation sites (tertiary alicyclic amines) is 1. The van der Waals surface area contributed by atoms with Gasteiger partial charge in [-0.15, -0.1) is 0 Å². The Kier molecular flexibility index (Phi) is 3.84. The number of nitrogens with two attached hydrogens (primary N) is 1. The summed E-state index contributed by atoms with van der Waals surface area (Å²) < 4.78 is 1.97. The van der Waals surface area contributed by atoms with E-state index in [1.165, 1.54) is 12.1 Å². The fraction of sp³-hybridized carbons (Fsp3) is 0.769. The lowest BCUT2D eigenvalue weighted by Gasteiger charge is -2.39. The Bertz CT molecular complexity index is 360. The van der Waals surface area contributed by atoms with Gasteiger partial charge >= 0.3 is 0 Å². The predicted octanol–water partition coefficient (Wildman–Crippen LogP) is 1.54. The topological polar surface area (TPSA) is 47.1 Å². The quantitative estimate of drug-likeness (QED) is 0.866. The molecule has 0 aliphatic carbocycles.